The van der Waals surface area contributed by atoms with Gasteiger partial charge in [-0.2, -0.15) is 4.31 Å². The largest absolute Gasteiger partial charge is 0.494 e. The van der Waals surface area contributed by atoms with E-state index in [2.05, 4.69) is 11.9 Å². The highest BCUT2D eigenvalue weighted by molar-refractivity contribution is 7.89. The van der Waals surface area contributed by atoms with Gasteiger partial charge in [0.15, 0.2) is 0 Å². The van der Waals surface area contributed by atoms with Crippen LogP contribution in [0.15, 0.2) is 53.6 Å². The van der Waals surface area contributed by atoms with Crippen LogP contribution in [0.2, 0.25) is 0 Å². The van der Waals surface area contributed by atoms with E-state index < -0.39 is 10.0 Å². The number of benzene rings is 1. The van der Waals surface area contributed by atoms with Crippen molar-refractivity contribution in [2.24, 2.45) is 0 Å². The molecule has 0 spiro atoms. The number of rotatable bonds is 9. The van der Waals surface area contributed by atoms with Crippen LogP contribution in [-0.2, 0) is 16.6 Å². The van der Waals surface area contributed by atoms with Crippen molar-refractivity contribution in [1.29, 1.82) is 0 Å². The maximum absolute atomic E-state index is 12.6. The molecule has 0 aliphatic carbocycles. The van der Waals surface area contributed by atoms with E-state index in [1.807, 2.05) is 6.07 Å². The van der Waals surface area contributed by atoms with E-state index in [0.29, 0.717) is 18.1 Å². The van der Waals surface area contributed by atoms with Gasteiger partial charge in [-0.3, -0.25) is 4.98 Å². The predicted molar refractivity (Wildman–Crippen MR) is 94.4 cm³/mol. The lowest BCUT2D eigenvalue weighted by molar-refractivity contribution is 0.306. The van der Waals surface area contributed by atoms with Crippen molar-refractivity contribution >= 4 is 10.0 Å². The van der Waals surface area contributed by atoms with Gasteiger partial charge in [0, 0.05) is 13.2 Å². The Balaban J connectivity index is 2.00. The molecule has 6 heteroatoms. The zero-order chi connectivity index (χ0) is 17.4. The molecule has 0 aliphatic rings. The minimum absolute atomic E-state index is 0.235. The Morgan fingerprint density at radius 1 is 1.08 bits per heavy atom. The first-order chi connectivity index (χ1) is 11.5. The Bertz CT molecular complexity index is 716. The van der Waals surface area contributed by atoms with Gasteiger partial charge in [-0.05, 0) is 42.8 Å². The van der Waals surface area contributed by atoms with Crippen LogP contribution in [0, 0.1) is 0 Å². The van der Waals surface area contributed by atoms with Crippen molar-refractivity contribution in [1.82, 2.24) is 9.29 Å². The number of aromatic nitrogens is 1. The van der Waals surface area contributed by atoms with Crippen molar-refractivity contribution in [3.63, 3.8) is 0 Å². The third-order valence-corrected chi connectivity index (χ3v) is 5.48. The summed E-state index contributed by atoms with van der Waals surface area (Å²) in [4.78, 5) is 4.41. The van der Waals surface area contributed by atoms with Crippen LogP contribution in [0.5, 0.6) is 5.75 Å². The highest BCUT2D eigenvalue weighted by Crippen LogP contribution is 2.20. The van der Waals surface area contributed by atoms with Crippen LogP contribution in [0.1, 0.15) is 31.9 Å². The summed E-state index contributed by atoms with van der Waals surface area (Å²) >= 11 is 0. The fraction of sp³-hybridized carbons (Fsp3) is 0.389. The fourth-order valence-corrected chi connectivity index (χ4v) is 3.38. The Morgan fingerprint density at radius 2 is 1.83 bits per heavy atom. The first kappa shape index (κ1) is 18.4. The van der Waals surface area contributed by atoms with Crippen LogP contribution in [-0.4, -0.2) is 31.4 Å². The topological polar surface area (TPSA) is 59.5 Å². The number of unbranched alkanes of at least 4 members (excludes halogenated alkanes) is 2. The molecule has 0 bridgehead atoms. The second-order valence-electron chi connectivity index (χ2n) is 5.61. The van der Waals surface area contributed by atoms with Crippen molar-refractivity contribution in [3.8, 4) is 5.75 Å². The lowest BCUT2D eigenvalue weighted by atomic mass is 10.3. The molecule has 0 N–H and O–H groups in total. The number of hydrogen-bond donors (Lipinski definition) is 0. The van der Waals surface area contributed by atoms with Gasteiger partial charge < -0.3 is 4.74 Å². The molecule has 0 saturated heterocycles. The summed E-state index contributed by atoms with van der Waals surface area (Å²) in [5, 5.41) is 0. The normalized spacial score (nSPS) is 11.6. The Hall–Kier alpha value is -1.92. The first-order valence-electron chi connectivity index (χ1n) is 8.13. The lowest BCUT2D eigenvalue weighted by Gasteiger charge is -2.17. The highest BCUT2D eigenvalue weighted by Gasteiger charge is 2.21. The molecule has 0 atom stereocenters. The maximum atomic E-state index is 12.6. The van der Waals surface area contributed by atoms with Gasteiger partial charge in [-0.25, -0.2) is 8.42 Å². The lowest BCUT2D eigenvalue weighted by Crippen LogP contribution is -2.26. The smallest absolute Gasteiger partial charge is 0.243 e. The van der Waals surface area contributed by atoms with E-state index in [1.165, 1.54) is 4.31 Å². The third-order valence-electron chi connectivity index (χ3n) is 3.66. The molecule has 5 nitrogen and oxygen atoms in total. The third kappa shape index (κ3) is 5.04. The highest BCUT2D eigenvalue weighted by atomic mass is 32.2. The number of sulfonamides is 1. The monoisotopic (exact) mass is 348 g/mol. The number of nitrogens with zero attached hydrogens (tertiary/aromatic N) is 2. The second kappa shape index (κ2) is 8.80. The molecule has 0 unspecified atom stereocenters. The number of pyridine rings is 1. The number of ether oxygens (including phenoxy) is 1. The summed E-state index contributed by atoms with van der Waals surface area (Å²) < 4.78 is 32.1. The second-order valence-corrected chi connectivity index (χ2v) is 7.65. The Morgan fingerprint density at radius 3 is 2.46 bits per heavy atom. The minimum Gasteiger partial charge on any atom is -0.494 e. The SMILES string of the molecule is CCCCCOc1ccc(S(=O)(=O)N(C)Cc2ccccn2)cc1. The summed E-state index contributed by atoms with van der Waals surface area (Å²) in [6.45, 7) is 3.03. The summed E-state index contributed by atoms with van der Waals surface area (Å²) in [5.41, 5.74) is 0.708. The van der Waals surface area contributed by atoms with E-state index in [4.69, 9.17) is 4.74 Å². The fourth-order valence-electron chi connectivity index (χ4n) is 2.23. The maximum Gasteiger partial charge on any atom is 0.243 e. The first-order valence-corrected chi connectivity index (χ1v) is 9.57. The quantitative estimate of drug-likeness (QED) is 0.651. The molecule has 130 valence electrons. The van der Waals surface area contributed by atoms with Crippen molar-refractivity contribution in [2.45, 2.75) is 37.6 Å². The van der Waals surface area contributed by atoms with Crippen LogP contribution in [0.3, 0.4) is 0 Å². The van der Waals surface area contributed by atoms with Gasteiger partial charge in [-0.15, -0.1) is 0 Å². The molecule has 0 fully saturated rings. The average molecular weight is 348 g/mol. The molecule has 2 rings (SSSR count). The number of hydrogen-bond acceptors (Lipinski definition) is 4. The molecule has 1 aromatic heterocycles. The van der Waals surface area contributed by atoms with Gasteiger partial charge >= 0.3 is 0 Å². The molecule has 0 radical (unpaired) electrons. The predicted octanol–water partition coefficient (Wildman–Crippen LogP) is 3.47. The molecule has 2 aromatic rings. The van der Waals surface area contributed by atoms with Gasteiger partial charge in [0.25, 0.3) is 0 Å². The standard InChI is InChI=1S/C18H24N2O3S/c1-3-4-7-14-23-17-9-11-18(12-10-17)24(21,22)20(2)15-16-8-5-6-13-19-16/h5-6,8-13H,3-4,7,14-15H2,1-2H3. The van der Waals surface area contributed by atoms with Crippen LogP contribution < -0.4 is 4.74 Å². The summed E-state index contributed by atoms with van der Waals surface area (Å²) in [5.74, 6) is 0.692. The zero-order valence-electron chi connectivity index (χ0n) is 14.2. The van der Waals surface area contributed by atoms with E-state index >= 15 is 0 Å². The Kier molecular flexibility index (Phi) is 6.75. The van der Waals surface area contributed by atoms with Crippen molar-refractivity contribution in [2.75, 3.05) is 13.7 Å². The molecule has 0 saturated carbocycles. The summed E-state index contributed by atoms with van der Waals surface area (Å²) in [6, 6.07) is 12.0. The summed E-state index contributed by atoms with van der Waals surface area (Å²) in [6.07, 6.45) is 4.93. The van der Waals surface area contributed by atoms with E-state index in [0.717, 1.165) is 19.3 Å². The van der Waals surface area contributed by atoms with Crippen molar-refractivity contribution in [3.05, 3.63) is 54.4 Å². The zero-order valence-corrected chi connectivity index (χ0v) is 15.0. The molecule has 0 aliphatic heterocycles. The van der Waals surface area contributed by atoms with Gasteiger partial charge in [0.2, 0.25) is 10.0 Å². The average Bonchev–Trinajstić information content (AvgIpc) is 2.60. The van der Waals surface area contributed by atoms with Crippen LogP contribution in [0.25, 0.3) is 0 Å². The molecule has 0 amide bonds. The summed E-state index contributed by atoms with van der Waals surface area (Å²) in [7, 11) is -1.99. The molecule has 24 heavy (non-hydrogen) atoms. The molecule has 1 heterocycles. The minimum atomic E-state index is -3.55. The van der Waals surface area contributed by atoms with Crippen LogP contribution >= 0.6 is 0 Å². The van der Waals surface area contributed by atoms with Gasteiger partial charge in [-0.1, -0.05) is 25.8 Å². The molecular weight excluding hydrogens is 324 g/mol. The van der Waals surface area contributed by atoms with Crippen LogP contribution in [0.4, 0.5) is 0 Å². The van der Waals surface area contributed by atoms with E-state index in [1.54, 1.807) is 49.6 Å². The van der Waals surface area contributed by atoms with Crippen molar-refractivity contribution < 1.29 is 13.2 Å². The Labute approximate surface area is 144 Å². The van der Waals surface area contributed by atoms with Gasteiger partial charge in [0.1, 0.15) is 5.75 Å². The van der Waals surface area contributed by atoms with Gasteiger partial charge in [0.05, 0.1) is 23.7 Å². The molecule has 1 aromatic carbocycles. The van der Waals surface area contributed by atoms with E-state index in [9.17, 15) is 8.42 Å². The molecular formula is C18H24N2O3S. The van der Waals surface area contributed by atoms with E-state index in [-0.39, 0.29) is 11.4 Å².